The van der Waals surface area contributed by atoms with Crippen LogP contribution in [0.1, 0.15) is 27.4 Å². The van der Waals surface area contributed by atoms with Gasteiger partial charge in [-0.1, -0.05) is 6.07 Å². The molecule has 5 rings (SSSR count). The van der Waals surface area contributed by atoms with Crippen LogP contribution in [0.25, 0.3) is 11.5 Å². The number of fused-ring (bicyclic) bond motifs is 1. The fraction of sp³-hybridized carbons (Fsp3) is 0.136. The number of aromatic nitrogens is 7. The molecule has 0 radical (unpaired) electrons. The normalized spacial score (nSPS) is 11.2. The molecule has 31 heavy (non-hydrogen) atoms. The van der Waals surface area contributed by atoms with Crippen molar-refractivity contribution in [2.24, 2.45) is 0 Å². The lowest BCUT2D eigenvalue weighted by atomic mass is 10.2. The van der Waals surface area contributed by atoms with Crippen molar-refractivity contribution >= 4 is 17.2 Å². The predicted molar refractivity (Wildman–Crippen MR) is 115 cm³/mol. The van der Waals surface area contributed by atoms with Crippen molar-refractivity contribution in [3.05, 3.63) is 90.0 Å². The zero-order chi connectivity index (χ0) is 21.4. The first-order valence-electron chi connectivity index (χ1n) is 9.81. The number of hydrogen-bond donors (Lipinski definition) is 1. The molecule has 5 aromatic heterocycles. The minimum Gasteiger partial charge on any atom is -0.319 e. The summed E-state index contributed by atoms with van der Waals surface area (Å²) in [5.74, 6) is 0.419. The molecule has 9 heteroatoms. The number of nitrogens with one attached hydrogen (secondary N) is 1. The molecular formula is C22H20N8O. The molecule has 0 fully saturated rings. The van der Waals surface area contributed by atoms with Gasteiger partial charge >= 0.3 is 0 Å². The SMILES string of the molecule is Cc1cc(C)n(-c2ccc(C(=O)Nc3cnn(Cc4cn5ccccc5n4)c3)cn2)n1. The van der Waals surface area contributed by atoms with Gasteiger partial charge in [-0.3, -0.25) is 9.48 Å². The number of hydrogen-bond acceptors (Lipinski definition) is 5. The monoisotopic (exact) mass is 412 g/mol. The van der Waals surface area contributed by atoms with Crippen LogP contribution in [0.5, 0.6) is 0 Å². The molecule has 1 amide bonds. The van der Waals surface area contributed by atoms with Gasteiger partial charge < -0.3 is 9.72 Å². The van der Waals surface area contributed by atoms with Crippen molar-refractivity contribution in [3.63, 3.8) is 0 Å². The number of carbonyl (C=O) groups is 1. The highest BCUT2D eigenvalue weighted by atomic mass is 16.1. The number of rotatable bonds is 5. The Morgan fingerprint density at radius 3 is 2.74 bits per heavy atom. The average Bonchev–Trinajstić information content (AvgIpc) is 3.46. The molecule has 0 saturated heterocycles. The summed E-state index contributed by atoms with van der Waals surface area (Å²) in [5, 5.41) is 11.6. The molecule has 0 aliphatic carbocycles. The molecule has 0 saturated carbocycles. The third-order valence-corrected chi connectivity index (χ3v) is 4.87. The van der Waals surface area contributed by atoms with Gasteiger partial charge in [0.25, 0.3) is 5.91 Å². The van der Waals surface area contributed by atoms with E-state index in [9.17, 15) is 4.79 Å². The van der Waals surface area contributed by atoms with Gasteiger partial charge in [-0.05, 0) is 44.2 Å². The van der Waals surface area contributed by atoms with Crippen molar-refractivity contribution in [3.8, 4) is 5.82 Å². The van der Waals surface area contributed by atoms with Gasteiger partial charge in [0.05, 0.1) is 35.4 Å². The number of amides is 1. The number of pyridine rings is 2. The van der Waals surface area contributed by atoms with E-state index in [4.69, 9.17) is 0 Å². The van der Waals surface area contributed by atoms with Crippen molar-refractivity contribution in [2.45, 2.75) is 20.4 Å². The van der Waals surface area contributed by atoms with E-state index in [1.165, 1.54) is 0 Å². The largest absolute Gasteiger partial charge is 0.319 e. The van der Waals surface area contributed by atoms with Gasteiger partial charge in [0.15, 0.2) is 5.82 Å². The minimum atomic E-state index is -0.250. The number of aryl methyl sites for hydroxylation is 2. The lowest BCUT2D eigenvalue weighted by Gasteiger charge is -2.05. The lowest BCUT2D eigenvalue weighted by molar-refractivity contribution is 0.102. The number of imidazole rings is 1. The van der Waals surface area contributed by atoms with E-state index in [1.54, 1.807) is 40.1 Å². The van der Waals surface area contributed by atoms with E-state index < -0.39 is 0 Å². The second kappa shape index (κ2) is 7.52. The van der Waals surface area contributed by atoms with Crippen LogP contribution in [-0.2, 0) is 6.54 Å². The highest BCUT2D eigenvalue weighted by molar-refractivity contribution is 6.03. The molecule has 0 unspecified atom stereocenters. The van der Waals surface area contributed by atoms with E-state index in [1.807, 2.05) is 54.9 Å². The van der Waals surface area contributed by atoms with Crippen LogP contribution < -0.4 is 5.32 Å². The molecule has 0 spiro atoms. The Balaban J connectivity index is 1.26. The fourth-order valence-corrected chi connectivity index (χ4v) is 3.45. The van der Waals surface area contributed by atoms with Crippen LogP contribution in [0, 0.1) is 13.8 Å². The predicted octanol–water partition coefficient (Wildman–Crippen LogP) is 3.03. The third kappa shape index (κ3) is 3.80. The van der Waals surface area contributed by atoms with Crippen molar-refractivity contribution in [1.29, 1.82) is 0 Å². The maximum Gasteiger partial charge on any atom is 0.257 e. The Hall–Kier alpha value is -4.27. The first-order valence-corrected chi connectivity index (χ1v) is 9.81. The van der Waals surface area contributed by atoms with Crippen LogP contribution in [-0.4, -0.2) is 39.8 Å². The standard InChI is InChI=1S/C22H20N8O/c1-15-9-16(2)30(27-15)20-7-6-17(10-23-20)22(31)26-18-11-24-29(13-18)14-19-12-28-8-4-3-5-21(28)25-19/h3-13H,14H2,1-2H3,(H,26,31). The third-order valence-electron chi connectivity index (χ3n) is 4.87. The summed E-state index contributed by atoms with van der Waals surface area (Å²) in [5.41, 5.74) is 4.74. The Morgan fingerprint density at radius 2 is 2.00 bits per heavy atom. The topological polar surface area (TPSA) is 94.9 Å². The molecule has 0 bridgehead atoms. The van der Waals surface area contributed by atoms with E-state index >= 15 is 0 Å². The zero-order valence-corrected chi connectivity index (χ0v) is 17.1. The molecular weight excluding hydrogens is 392 g/mol. The van der Waals surface area contributed by atoms with Crippen LogP contribution in [0.3, 0.4) is 0 Å². The molecule has 9 nitrogen and oxygen atoms in total. The van der Waals surface area contributed by atoms with Gasteiger partial charge in [0.2, 0.25) is 0 Å². The fourth-order valence-electron chi connectivity index (χ4n) is 3.45. The zero-order valence-electron chi connectivity index (χ0n) is 17.1. The minimum absolute atomic E-state index is 0.250. The van der Waals surface area contributed by atoms with Gasteiger partial charge in [0, 0.05) is 30.5 Å². The van der Waals surface area contributed by atoms with Gasteiger partial charge in [-0.25, -0.2) is 14.6 Å². The summed E-state index contributed by atoms with van der Waals surface area (Å²) in [6.45, 7) is 4.41. The molecule has 0 aliphatic heterocycles. The molecule has 154 valence electrons. The smallest absolute Gasteiger partial charge is 0.257 e. The molecule has 1 N–H and O–H groups in total. The Labute approximate surface area is 178 Å². The first-order chi connectivity index (χ1) is 15.0. The van der Waals surface area contributed by atoms with E-state index in [-0.39, 0.29) is 5.91 Å². The Bertz CT molecular complexity index is 1340. The highest BCUT2D eigenvalue weighted by Crippen LogP contribution is 2.13. The van der Waals surface area contributed by atoms with E-state index in [0.29, 0.717) is 23.6 Å². The number of anilines is 1. The second-order valence-corrected chi connectivity index (χ2v) is 7.32. The van der Waals surface area contributed by atoms with Gasteiger partial charge in [-0.15, -0.1) is 0 Å². The van der Waals surface area contributed by atoms with E-state index in [2.05, 4.69) is 25.5 Å². The van der Waals surface area contributed by atoms with Gasteiger partial charge in [-0.2, -0.15) is 10.2 Å². The summed E-state index contributed by atoms with van der Waals surface area (Å²) in [6.07, 6.45) is 8.85. The Morgan fingerprint density at radius 1 is 1.10 bits per heavy atom. The maximum atomic E-state index is 12.6. The lowest BCUT2D eigenvalue weighted by Crippen LogP contribution is -2.12. The van der Waals surface area contributed by atoms with Crippen LogP contribution in [0.15, 0.2) is 67.4 Å². The van der Waals surface area contributed by atoms with Crippen LogP contribution in [0.2, 0.25) is 0 Å². The molecule has 5 aromatic rings. The first kappa shape index (κ1) is 18.7. The van der Waals surface area contributed by atoms with Crippen LogP contribution in [0.4, 0.5) is 5.69 Å². The number of nitrogens with zero attached hydrogens (tertiary/aromatic N) is 7. The average molecular weight is 412 g/mol. The summed E-state index contributed by atoms with van der Waals surface area (Å²) in [4.78, 5) is 21.5. The van der Waals surface area contributed by atoms with Crippen molar-refractivity contribution < 1.29 is 4.79 Å². The van der Waals surface area contributed by atoms with Crippen LogP contribution >= 0.6 is 0 Å². The molecule has 0 aromatic carbocycles. The molecule has 0 aliphatic rings. The van der Waals surface area contributed by atoms with Crippen molar-refractivity contribution in [2.75, 3.05) is 5.32 Å². The summed E-state index contributed by atoms with van der Waals surface area (Å²) in [7, 11) is 0. The summed E-state index contributed by atoms with van der Waals surface area (Å²) >= 11 is 0. The summed E-state index contributed by atoms with van der Waals surface area (Å²) in [6, 6.07) is 11.3. The molecule has 0 atom stereocenters. The quantitative estimate of drug-likeness (QED) is 0.479. The Kier molecular flexibility index (Phi) is 4.55. The highest BCUT2D eigenvalue weighted by Gasteiger charge is 2.11. The van der Waals surface area contributed by atoms with E-state index in [0.717, 1.165) is 22.7 Å². The molecule has 5 heterocycles. The van der Waals surface area contributed by atoms with Gasteiger partial charge in [0.1, 0.15) is 5.65 Å². The maximum absolute atomic E-state index is 12.6. The summed E-state index contributed by atoms with van der Waals surface area (Å²) < 4.78 is 5.45. The van der Waals surface area contributed by atoms with Crippen molar-refractivity contribution in [1.82, 2.24) is 33.9 Å². The number of carbonyl (C=O) groups excluding carboxylic acids is 1. The second-order valence-electron chi connectivity index (χ2n) is 7.32.